The maximum atomic E-state index is 13.8. The first kappa shape index (κ1) is 12.1. The van der Waals surface area contributed by atoms with E-state index >= 15 is 0 Å². The second kappa shape index (κ2) is 4.61. The van der Waals surface area contributed by atoms with E-state index in [4.69, 9.17) is 11.6 Å². The number of thiazole rings is 1. The molecule has 1 aromatic carbocycles. The molecule has 0 aliphatic heterocycles. The highest BCUT2D eigenvalue weighted by molar-refractivity contribution is 7.15. The summed E-state index contributed by atoms with van der Waals surface area (Å²) < 4.78 is 13.8. The molecule has 0 bridgehead atoms. The SMILES string of the molecule is OC1CCCc2sc(-c3c(F)cccc3Cl)nc21. The molecule has 1 aliphatic carbocycles. The van der Waals surface area contributed by atoms with Crippen molar-refractivity contribution in [3.05, 3.63) is 39.6 Å². The number of rotatable bonds is 1. The number of aryl methyl sites for hydroxylation is 1. The maximum Gasteiger partial charge on any atom is 0.134 e. The average Bonchev–Trinajstić information content (AvgIpc) is 2.74. The largest absolute Gasteiger partial charge is 0.387 e. The summed E-state index contributed by atoms with van der Waals surface area (Å²) in [6, 6.07) is 4.60. The normalized spacial score (nSPS) is 18.7. The van der Waals surface area contributed by atoms with Crippen LogP contribution in [0.25, 0.3) is 10.6 Å². The van der Waals surface area contributed by atoms with Crippen LogP contribution in [0.1, 0.15) is 29.5 Å². The van der Waals surface area contributed by atoms with Gasteiger partial charge in [-0.1, -0.05) is 17.7 Å². The minimum absolute atomic E-state index is 0.339. The Morgan fingerprint density at radius 3 is 3.00 bits per heavy atom. The van der Waals surface area contributed by atoms with E-state index in [1.54, 1.807) is 12.1 Å². The molecule has 1 aromatic heterocycles. The van der Waals surface area contributed by atoms with Crippen molar-refractivity contribution in [2.24, 2.45) is 0 Å². The summed E-state index contributed by atoms with van der Waals surface area (Å²) in [6.45, 7) is 0. The van der Waals surface area contributed by atoms with Gasteiger partial charge in [0.1, 0.15) is 10.8 Å². The lowest BCUT2D eigenvalue weighted by Gasteiger charge is -2.14. The molecule has 5 heteroatoms. The fourth-order valence-electron chi connectivity index (χ4n) is 2.20. The second-order valence-electron chi connectivity index (χ2n) is 4.33. The molecule has 0 radical (unpaired) electrons. The van der Waals surface area contributed by atoms with Crippen LogP contribution in [-0.2, 0) is 6.42 Å². The van der Waals surface area contributed by atoms with Gasteiger partial charge in [-0.25, -0.2) is 9.37 Å². The summed E-state index contributed by atoms with van der Waals surface area (Å²) in [4.78, 5) is 5.41. The number of aromatic nitrogens is 1. The molecule has 1 unspecified atom stereocenters. The number of benzene rings is 1. The molecule has 1 N–H and O–H groups in total. The second-order valence-corrected chi connectivity index (χ2v) is 5.82. The number of nitrogens with zero attached hydrogens (tertiary/aromatic N) is 1. The van der Waals surface area contributed by atoms with Gasteiger partial charge in [-0.2, -0.15) is 0 Å². The van der Waals surface area contributed by atoms with Crippen molar-refractivity contribution in [3.63, 3.8) is 0 Å². The molecule has 0 saturated carbocycles. The topological polar surface area (TPSA) is 33.1 Å². The number of hydrogen-bond acceptors (Lipinski definition) is 3. The number of aliphatic hydroxyl groups excluding tert-OH is 1. The molecule has 94 valence electrons. The van der Waals surface area contributed by atoms with Gasteiger partial charge in [0.25, 0.3) is 0 Å². The third kappa shape index (κ3) is 1.94. The summed E-state index contributed by atoms with van der Waals surface area (Å²) in [5.74, 6) is -0.372. The number of halogens is 2. The Kier molecular flexibility index (Phi) is 3.09. The van der Waals surface area contributed by atoms with E-state index in [0.29, 0.717) is 21.3 Å². The van der Waals surface area contributed by atoms with Crippen LogP contribution in [0.2, 0.25) is 5.02 Å². The van der Waals surface area contributed by atoms with Gasteiger partial charge in [-0.3, -0.25) is 0 Å². The molecule has 3 rings (SSSR count). The van der Waals surface area contributed by atoms with Crippen LogP contribution < -0.4 is 0 Å². The molecule has 2 nitrogen and oxygen atoms in total. The van der Waals surface area contributed by atoms with Crippen molar-refractivity contribution in [3.8, 4) is 10.6 Å². The minimum Gasteiger partial charge on any atom is -0.387 e. The Bertz CT molecular complexity index is 578. The zero-order chi connectivity index (χ0) is 12.7. The molecule has 0 saturated heterocycles. The summed E-state index contributed by atoms with van der Waals surface area (Å²) in [7, 11) is 0. The minimum atomic E-state index is -0.524. The van der Waals surface area contributed by atoms with E-state index in [1.807, 2.05) is 0 Å². The standard InChI is InChI=1S/C13H11ClFNOS/c14-7-3-1-4-8(15)11(7)13-16-12-9(17)5-2-6-10(12)18-13/h1,3-4,9,17H,2,5-6H2. The highest BCUT2D eigenvalue weighted by Crippen LogP contribution is 2.39. The lowest BCUT2D eigenvalue weighted by Crippen LogP contribution is -2.07. The van der Waals surface area contributed by atoms with Crippen molar-refractivity contribution in [2.75, 3.05) is 0 Å². The Hall–Kier alpha value is -0.970. The van der Waals surface area contributed by atoms with Crippen LogP contribution in [0, 0.1) is 5.82 Å². The van der Waals surface area contributed by atoms with Crippen molar-refractivity contribution in [1.29, 1.82) is 0 Å². The predicted molar refractivity (Wildman–Crippen MR) is 70.4 cm³/mol. The van der Waals surface area contributed by atoms with Gasteiger partial charge >= 0.3 is 0 Å². The Labute approximate surface area is 113 Å². The zero-order valence-corrected chi connectivity index (χ0v) is 11.1. The van der Waals surface area contributed by atoms with Gasteiger partial charge in [-0.05, 0) is 31.4 Å². The van der Waals surface area contributed by atoms with Crippen LogP contribution in [0.5, 0.6) is 0 Å². The molecule has 1 atom stereocenters. The Balaban J connectivity index is 2.13. The molecule has 0 spiro atoms. The molecule has 2 aromatic rings. The summed E-state index contributed by atoms with van der Waals surface area (Å²) >= 11 is 7.45. The predicted octanol–water partition coefficient (Wildman–Crippen LogP) is 3.97. The fraction of sp³-hybridized carbons (Fsp3) is 0.308. The van der Waals surface area contributed by atoms with Crippen LogP contribution >= 0.6 is 22.9 Å². The molecule has 0 amide bonds. The molecule has 1 aliphatic rings. The van der Waals surface area contributed by atoms with Crippen LogP contribution in [-0.4, -0.2) is 10.1 Å². The number of hydrogen-bond donors (Lipinski definition) is 1. The number of aliphatic hydroxyl groups is 1. The van der Waals surface area contributed by atoms with Crippen molar-refractivity contribution < 1.29 is 9.50 Å². The summed E-state index contributed by atoms with van der Waals surface area (Å²) in [6.07, 6.45) is 2.04. The molecule has 0 fully saturated rings. The van der Waals surface area contributed by atoms with E-state index in [2.05, 4.69) is 4.98 Å². The highest BCUT2D eigenvalue weighted by Gasteiger charge is 2.24. The zero-order valence-electron chi connectivity index (χ0n) is 9.49. The summed E-state index contributed by atoms with van der Waals surface area (Å²) in [5, 5.41) is 10.8. The smallest absolute Gasteiger partial charge is 0.134 e. The third-order valence-corrected chi connectivity index (χ3v) is 4.56. The molecular weight excluding hydrogens is 273 g/mol. The van der Waals surface area contributed by atoms with Crippen molar-refractivity contribution in [1.82, 2.24) is 4.98 Å². The molecule has 1 heterocycles. The van der Waals surface area contributed by atoms with E-state index in [0.717, 1.165) is 24.1 Å². The van der Waals surface area contributed by atoms with Crippen LogP contribution in [0.3, 0.4) is 0 Å². The van der Waals surface area contributed by atoms with Gasteiger partial charge in [0.15, 0.2) is 0 Å². The molecule has 18 heavy (non-hydrogen) atoms. The first-order chi connectivity index (χ1) is 8.66. The van der Waals surface area contributed by atoms with Crippen LogP contribution in [0.15, 0.2) is 18.2 Å². The number of fused-ring (bicyclic) bond motifs is 1. The van der Waals surface area contributed by atoms with E-state index < -0.39 is 6.10 Å². The third-order valence-electron chi connectivity index (χ3n) is 3.10. The first-order valence-electron chi connectivity index (χ1n) is 5.79. The highest BCUT2D eigenvalue weighted by atomic mass is 35.5. The van der Waals surface area contributed by atoms with Gasteiger partial charge < -0.3 is 5.11 Å². The van der Waals surface area contributed by atoms with Crippen molar-refractivity contribution in [2.45, 2.75) is 25.4 Å². The average molecular weight is 284 g/mol. The van der Waals surface area contributed by atoms with Gasteiger partial charge in [0, 0.05) is 4.88 Å². The monoisotopic (exact) mass is 283 g/mol. The van der Waals surface area contributed by atoms with Gasteiger partial charge in [0.05, 0.1) is 22.4 Å². The van der Waals surface area contributed by atoms with E-state index in [1.165, 1.54) is 17.4 Å². The van der Waals surface area contributed by atoms with Crippen molar-refractivity contribution >= 4 is 22.9 Å². The van der Waals surface area contributed by atoms with Gasteiger partial charge in [-0.15, -0.1) is 11.3 Å². The van der Waals surface area contributed by atoms with E-state index in [-0.39, 0.29) is 5.82 Å². The first-order valence-corrected chi connectivity index (χ1v) is 6.98. The quantitative estimate of drug-likeness (QED) is 0.859. The maximum absolute atomic E-state index is 13.8. The van der Waals surface area contributed by atoms with Gasteiger partial charge in [0.2, 0.25) is 0 Å². The molecular formula is C13H11ClFNOS. The lowest BCUT2D eigenvalue weighted by molar-refractivity contribution is 0.153. The van der Waals surface area contributed by atoms with E-state index in [9.17, 15) is 9.50 Å². The summed E-state index contributed by atoms with van der Waals surface area (Å²) in [5.41, 5.74) is 1.03. The Morgan fingerprint density at radius 1 is 1.44 bits per heavy atom. The lowest BCUT2D eigenvalue weighted by atomic mass is 10.0. The Morgan fingerprint density at radius 2 is 2.28 bits per heavy atom. The fourth-order valence-corrected chi connectivity index (χ4v) is 3.73. The van der Waals surface area contributed by atoms with Crippen LogP contribution in [0.4, 0.5) is 4.39 Å².